The van der Waals surface area contributed by atoms with Gasteiger partial charge in [0.1, 0.15) is 0 Å². The molecule has 74 valence electrons. The Bertz CT molecular complexity index is 163. The third-order valence-corrected chi connectivity index (χ3v) is 1.98. The molecule has 0 saturated carbocycles. The fraction of sp³-hybridized carbons (Fsp3) is 1.00. The molecular formula is C6H15O5P. The third kappa shape index (κ3) is 3.65. The number of rotatable bonds is 5. The van der Waals surface area contributed by atoms with E-state index >= 15 is 0 Å². The Morgan fingerprint density at radius 1 is 1.42 bits per heavy atom. The second-order valence-electron chi connectivity index (χ2n) is 2.34. The van der Waals surface area contributed by atoms with Crippen LogP contribution in [0, 0.1) is 0 Å². The maximum atomic E-state index is 10.9. The van der Waals surface area contributed by atoms with Crippen molar-refractivity contribution in [3.05, 3.63) is 0 Å². The molecule has 0 saturated heterocycles. The van der Waals surface area contributed by atoms with Crippen LogP contribution in [0.4, 0.5) is 0 Å². The largest absolute Gasteiger partial charge is 0.331 e. The van der Waals surface area contributed by atoms with Crippen LogP contribution in [0.15, 0.2) is 0 Å². The van der Waals surface area contributed by atoms with E-state index in [1.165, 1.54) is 14.2 Å². The summed E-state index contributed by atoms with van der Waals surface area (Å²) in [4.78, 5) is 8.92. The molecule has 6 heteroatoms. The monoisotopic (exact) mass is 198 g/mol. The molecule has 0 aliphatic rings. The van der Waals surface area contributed by atoms with Gasteiger partial charge in [0.2, 0.25) is 0 Å². The van der Waals surface area contributed by atoms with Crippen molar-refractivity contribution >= 4 is 7.60 Å². The highest BCUT2D eigenvalue weighted by Gasteiger charge is 2.34. The van der Waals surface area contributed by atoms with Gasteiger partial charge in [0.25, 0.3) is 5.97 Å². The number of methoxy groups -OCH3 is 2. The van der Waals surface area contributed by atoms with Gasteiger partial charge in [-0.1, -0.05) is 6.92 Å². The minimum Gasteiger partial charge on any atom is -0.331 e. The Kier molecular flexibility index (Phi) is 4.37. The Morgan fingerprint density at radius 3 is 1.92 bits per heavy atom. The molecule has 0 fully saturated rings. The normalized spacial score (nSPS) is 17.4. The summed E-state index contributed by atoms with van der Waals surface area (Å²) in [6.45, 7) is 2.80. The van der Waals surface area contributed by atoms with E-state index in [0.29, 0.717) is 6.42 Å². The summed E-state index contributed by atoms with van der Waals surface area (Å²) >= 11 is 0. The van der Waals surface area contributed by atoms with Gasteiger partial charge in [0, 0.05) is 27.3 Å². The summed E-state index contributed by atoms with van der Waals surface area (Å²) in [6.07, 6.45) is 0.332. The minimum absolute atomic E-state index is 0.332. The summed E-state index contributed by atoms with van der Waals surface area (Å²) in [6, 6.07) is 0. The maximum absolute atomic E-state index is 10.9. The van der Waals surface area contributed by atoms with Gasteiger partial charge < -0.3 is 14.4 Å². The lowest BCUT2D eigenvalue weighted by Gasteiger charge is -2.29. The Balaban J connectivity index is 4.41. The molecule has 12 heavy (non-hydrogen) atoms. The Labute approximate surface area is 72.2 Å². The lowest BCUT2D eigenvalue weighted by molar-refractivity contribution is -0.325. The van der Waals surface area contributed by atoms with Gasteiger partial charge in [0.15, 0.2) is 0 Å². The molecule has 0 heterocycles. The van der Waals surface area contributed by atoms with Crippen molar-refractivity contribution in [3.63, 3.8) is 0 Å². The fourth-order valence-corrected chi connectivity index (χ4v) is 1.56. The summed E-state index contributed by atoms with van der Waals surface area (Å²) in [5.41, 5.74) is 0. The van der Waals surface area contributed by atoms with Crippen molar-refractivity contribution in [1.29, 1.82) is 0 Å². The van der Waals surface area contributed by atoms with E-state index < -0.39 is 13.6 Å². The molecule has 0 aromatic rings. The molecule has 0 radical (unpaired) electrons. The average Bonchev–Trinajstić information content (AvgIpc) is 1.99. The van der Waals surface area contributed by atoms with Crippen LogP contribution in [-0.2, 0) is 18.6 Å². The van der Waals surface area contributed by atoms with E-state index in [4.69, 9.17) is 18.9 Å². The predicted molar refractivity (Wildman–Crippen MR) is 43.9 cm³/mol. The van der Waals surface area contributed by atoms with E-state index in [1.807, 2.05) is 0 Å². The van der Waals surface area contributed by atoms with E-state index in [1.54, 1.807) is 6.92 Å². The van der Waals surface area contributed by atoms with Crippen LogP contribution >= 0.6 is 7.60 Å². The van der Waals surface area contributed by atoms with E-state index in [9.17, 15) is 4.57 Å². The smallest absolute Gasteiger partial charge is 0.329 e. The van der Waals surface area contributed by atoms with Crippen LogP contribution in [0.25, 0.3) is 0 Å². The van der Waals surface area contributed by atoms with Crippen LogP contribution in [0.2, 0.25) is 0 Å². The number of hydrogen-bond donors (Lipinski definition) is 1. The molecule has 0 aromatic heterocycles. The standard InChI is InChI=1S/C6H15O5P/c1-5-6(9-2,10-3)11-12(4,7)8/h5H2,1-4H3,(H,7,8). The molecule has 1 unspecified atom stereocenters. The zero-order chi connectivity index (χ0) is 9.83. The fourth-order valence-electron chi connectivity index (χ4n) is 0.769. The summed E-state index contributed by atoms with van der Waals surface area (Å²) in [5.74, 6) is -1.40. The topological polar surface area (TPSA) is 65.0 Å². The minimum atomic E-state index is -3.59. The first-order valence-electron chi connectivity index (χ1n) is 3.50. The lowest BCUT2D eigenvalue weighted by atomic mass is 10.4. The lowest BCUT2D eigenvalue weighted by Crippen LogP contribution is -2.35. The zero-order valence-electron chi connectivity index (χ0n) is 7.73. The average molecular weight is 198 g/mol. The van der Waals surface area contributed by atoms with Crippen LogP contribution in [0.3, 0.4) is 0 Å². The van der Waals surface area contributed by atoms with Crippen molar-refractivity contribution in [2.24, 2.45) is 0 Å². The maximum Gasteiger partial charge on any atom is 0.329 e. The van der Waals surface area contributed by atoms with Crippen molar-refractivity contribution < 1.29 is 23.5 Å². The molecular weight excluding hydrogens is 183 g/mol. The van der Waals surface area contributed by atoms with Gasteiger partial charge in [-0.2, -0.15) is 0 Å². The zero-order valence-corrected chi connectivity index (χ0v) is 8.63. The molecule has 1 atom stereocenters. The van der Waals surface area contributed by atoms with Gasteiger partial charge in [0.05, 0.1) is 0 Å². The molecule has 0 aromatic carbocycles. The first-order chi connectivity index (χ1) is 5.39. The molecule has 0 spiro atoms. The van der Waals surface area contributed by atoms with Gasteiger partial charge in [-0.25, -0.2) is 4.52 Å². The van der Waals surface area contributed by atoms with Gasteiger partial charge in [-0.15, -0.1) is 0 Å². The van der Waals surface area contributed by atoms with Gasteiger partial charge in [-0.3, -0.25) is 4.57 Å². The van der Waals surface area contributed by atoms with Crippen LogP contribution < -0.4 is 0 Å². The van der Waals surface area contributed by atoms with Gasteiger partial charge in [-0.05, 0) is 0 Å². The predicted octanol–water partition coefficient (Wildman–Crippen LogP) is 1.17. The second kappa shape index (κ2) is 4.35. The Morgan fingerprint density at radius 2 is 1.83 bits per heavy atom. The van der Waals surface area contributed by atoms with Gasteiger partial charge >= 0.3 is 7.60 Å². The molecule has 0 aliphatic heterocycles. The molecule has 0 amide bonds. The van der Waals surface area contributed by atoms with Crippen molar-refractivity contribution in [2.75, 3.05) is 20.9 Å². The number of ether oxygens (including phenoxy) is 2. The third-order valence-electron chi connectivity index (χ3n) is 1.36. The van der Waals surface area contributed by atoms with E-state index in [0.717, 1.165) is 6.66 Å². The summed E-state index contributed by atoms with van der Waals surface area (Å²) in [7, 11) is -0.887. The quantitative estimate of drug-likeness (QED) is 0.530. The van der Waals surface area contributed by atoms with Crippen molar-refractivity contribution in [3.8, 4) is 0 Å². The molecule has 0 aliphatic carbocycles. The SMILES string of the molecule is CCC(OC)(OC)OP(C)(=O)O. The van der Waals surface area contributed by atoms with E-state index in [2.05, 4.69) is 0 Å². The first-order valence-corrected chi connectivity index (χ1v) is 5.53. The van der Waals surface area contributed by atoms with Crippen LogP contribution in [0.1, 0.15) is 13.3 Å². The number of hydrogen-bond acceptors (Lipinski definition) is 4. The van der Waals surface area contributed by atoms with Crippen LogP contribution in [-0.4, -0.2) is 31.8 Å². The highest BCUT2D eigenvalue weighted by Crippen LogP contribution is 2.43. The molecule has 0 rings (SSSR count). The second-order valence-corrected chi connectivity index (χ2v) is 4.13. The van der Waals surface area contributed by atoms with Crippen molar-refractivity contribution in [1.82, 2.24) is 0 Å². The molecule has 5 nitrogen and oxygen atoms in total. The molecule has 1 N–H and O–H groups in total. The molecule has 0 bridgehead atoms. The summed E-state index contributed by atoms with van der Waals surface area (Å²) < 4.78 is 25.3. The summed E-state index contributed by atoms with van der Waals surface area (Å²) in [5, 5.41) is 0. The van der Waals surface area contributed by atoms with Crippen LogP contribution in [0.5, 0.6) is 0 Å². The highest BCUT2D eigenvalue weighted by molar-refractivity contribution is 7.51. The highest BCUT2D eigenvalue weighted by atomic mass is 31.2. The first kappa shape index (κ1) is 12.1. The van der Waals surface area contributed by atoms with Crippen molar-refractivity contribution in [2.45, 2.75) is 19.3 Å². The van der Waals surface area contributed by atoms with E-state index in [-0.39, 0.29) is 0 Å². The Hall–Kier alpha value is 0.0700.